The quantitative estimate of drug-likeness (QED) is 0.690. The molecule has 0 atom stereocenters. The van der Waals surface area contributed by atoms with Crippen molar-refractivity contribution in [2.75, 3.05) is 5.73 Å². The molecule has 3 aromatic rings. The molecule has 26 heavy (non-hydrogen) atoms. The van der Waals surface area contributed by atoms with Gasteiger partial charge in [-0.25, -0.2) is 9.67 Å². The third-order valence-electron chi connectivity index (χ3n) is 3.95. The van der Waals surface area contributed by atoms with Gasteiger partial charge in [0.05, 0.1) is 23.0 Å². The van der Waals surface area contributed by atoms with E-state index >= 15 is 0 Å². The van der Waals surface area contributed by atoms with E-state index in [9.17, 15) is 4.79 Å². The molecule has 0 radical (unpaired) electrons. The molecule has 0 saturated heterocycles. The lowest BCUT2D eigenvalue weighted by atomic mass is 10.0. The lowest BCUT2D eigenvalue weighted by molar-refractivity contribution is 0.505. The molecule has 0 unspecified atom stereocenters. The second kappa shape index (κ2) is 7.05. The van der Waals surface area contributed by atoms with Gasteiger partial charge in [0.25, 0.3) is 5.56 Å². The Morgan fingerprint density at radius 2 is 1.85 bits per heavy atom. The van der Waals surface area contributed by atoms with Crippen LogP contribution in [-0.4, -0.2) is 19.8 Å². The Bertz CT molecular complexity index is 1030. The monoisotopic (exact) mass is 365 g/mol. The Hall–Kier alpha value is -3.06. The molecule has 2 aromatic heterocycles. The van der Waals surface area contributed by atoms with Crippen LogP contribution in [0.4, 0.5) is 5.82 Å². The summed E-state index contributed by atoms with van der Waals surface area (Å²) >= 11 is 5.09. The van der Waals surface area contributed by atoms with Crippen molar-refractivity contribution < 1.29 is 0 Å². The number of aromatic nitrogens is 3. The average molecular weight is 365 g/mol. The van der Waals surface area contributed by atoms with Gasteiger partial charge in [0, 0.05) is 17.2 Å². The maximum atomic E-state index is 12.1. The topological polar surface area (TPSA) is 99.8 Å². The van der Waals surface area contributed by atoms with Crippen molar-refractivity contribution in [1.82, 2.24) is 14.8 Å². The molecule has 0 aliphatic rings. The van der Waals surface area contributed by atoms with Crippen molar-refractivity contribution in [3.8, 4) is 22.5 Å². The van der Waals surface area contributed by atoms with Crippen LogP contribution < -0.4 is 17.0 Å². The van der Waals surface area contributed by atoms with Crippen LogP contribution in [-0.2, 0) is 0 Å². The number of nitrogens with zero attached hydrogens (tertiary/aromatic N) is 3. The lowest BCUT2D eigenvalue weighted by Crippen LogP contribution is -2.24. The van der Waals surface area contributed by atoms with E-state index < -0.39 is 0 Å². The number of nitrogen functional groups attached to an aromatic ring is 1. The van der Waals surface area contributed by atoms with E-state index in [1.807, 2.05) is 44.2 Å². The van der Waals surface area contributed by atoms with Crippen molar-refractivity contribution in [1.29, 1.82) is 0 Å². The predicted octanol–water partition coefficient (Wildman–Crippen LogP) is 2.77. The maximum Gasteiger partial charge on any atom is 0.267 e. The molecule has 0 spiro atoms. The van der Waals surface area contributed by atoms with Crippen LogP contribution in [0.25, 0.3) is 22.5 Å². The summed E-state index contributed by atoms with van der Waals surface area (Å²) in [6.07, 6.45) is 0. The largest absolute Gasteiger partial charge is 0.389 e. The summed E-state index contributed by atoms with van der Waals surface area (Å²) in [5.41, 5.74) is 15.0. The van der Waals surface area contributed by atoms with Gasteiger partial charge in [-0.15, -0.1) is 0 Å². The fourth-order valence-corrected chi connectivity index (χ4v) is 2.84. The van der Waals surface area contributed by atoms with Crippen molar-refractivity contribution in [3.63, 3.8) is 0 Å². The molecule has 6 nitrogen and oxygen atoms in total. The summed E-state index contributed by atoms with van der Waals surface area (Å²) in [5, 5.41) is 4.50. The highest BCUT2D eigenvalue weighted by molar-refractivity contribution is 7.80. The smallest absolute Gasteiger partial charge is 0.267 e. The highest BCUT2D eigenvalue weighted by atomic mass is 32.1. The summed E-state index contributed by atoms with van der Waals surface area (Å²) in [6, 6.07) is 14.5. The minimum atomic E-state index is -0.164. The van der Waals surface area contributed by atoms with Crippen LogP contribution in [0.2, 0.25) is 0 Å². The van der Waals surface area contributed by atoms with Crippen LogP contribution in [0.5, 0.6) is 0 Å². The highest BCUT2D eigenvalue weighted by Gasteiger charge is 2.17. The molecule has 4 N–H and O–H groups in total. The molecule has 0 saturated carbocycles. The number of anilines is 1. The van der Waals surface area contributed by atoms with Crippen LogP contribution in [0, 0.1) is 0 Å². The first-order valence-corrected chi connectivity index (χ1v) is 8.55. The van der Waals surface area contributed by atoms with Gasteiger partial charge in [-0.2, -0.15) is 5.10 Å². The summed E-state index contributed by atoms with van der Waals surface area (Å²) in [5.74, 6) is 0.261. The Labute approximate surface area is 156 Å². The van der Waals surface area contributed by atoms with Crippen LogP contribution in [0.1, 0.15) is 25.5 Å². The van der Waals surface area contributed by atoms with Gasteiger partial charge in [0.1, 0.15) is 10.8 Å². The van der Waals surface area contributed by atoms with Crippen molar-refractivity contribution in [2.24, 2.45) is 5.73 Å². The minimum absolute atomic E-state index is 0.0700. The van der Waals surface area contributed by atoms with E-state index in [0.717, 1.165) is 5.56 Å². The zero-order chi connectivity index (χ0) is 18.8. The summed E-state index contributed by atoms with van der Waals surface area (Å²) in [4.78, 5) is 16.7. The number of nitrogens with two attached hydrogens (primary N) is 2. The van der Waals surface area contributed by atoms with Gasteiger partial charge in [-0.3, -0.25) is 4.79 Å². The Balaban J connectivity index is 2.32. The summed E-state index contributed by atoms with van der Waals surface area (Å²) in [6.45, 7) is 3.80. The first-order chi connectivity index (χ1) is 12.4. The minimum Gasteiger partial charge on any atom is -0.389 e. The van der Waals surface area contributed by atoms with Gasteiger partial charge in [0.2, 0.25) is 0 Å². The number of hydrogen-bond donors (Lipinski definition) is 2. The fraction of sp³-hybridized carbons (Fsp3) is 0.158. The number of hydrogen-bond acceptors (Lipinski definition) is 5. The molecule has 0 amide bonds. The van der Waals surface area contributed by atoms with Crippen molar-refractivity contribution in [2.45, 2.75) is 19.9 Å². The molecule has 3 rings (SSSR count). The lowest BCUT2D eigenvalue weighted by Gasteiger charge is -2.15. The zero-order valence-corrected chi connectivity index (χ0v) is 15.3. The van der Waals surface area contributed by atoms with Crippen molar-refractivity contribution >= 4 is 23.0 Å². The number of pyridine rings is 1. The molecule has 0 aliphatic carbocycles. The van der Waals surface area contributed by atoms with Crippen molar-refractivity contribution in [3.05, 3.63) is 64.4 Å². The zero-order valence-electron chi connectivity index (χ0n) is 14.5. The van der Waals surface area contributed by atoms with Gasteiger partial charge >= 0.3 is 0 Å². The average Bonchev–Trinajstić information content (AvgIpc) is 2.62. The summed E-state index contributed by atoms with van der Waals surface area (Å²) < 4.78 is 1.43. The molecule has 7 heteroatoms. The van der Waals surface area contributed by atoms with Gasteiger partial charge in [-0.05, 0) is 26.0 Å². The van der Waals surface area contributed by atoms with Crippen LogP contribution >= 0.6 is 12.2 Å². The number of benzene rings is 1. The first-order valence-electron chi connectivity index (χ1n) is 8.14. The molecular weight excluding hydrogens is 346 g/mol. The molecule has 132 valence electrons. The molecule has 0 bridgehead atoms. The second-order valence-corrected chi connectivity index (χ2v) is 6.58. The normalized spacial score (nSPS) is 10.9. The maximum absolute atomic E-state index is 12.1. The van der Waals surface area contributed by atoms with Gasteiger partial charge in [0.15, 0.2) is 0 Å². The van der Waals surface area contributed by atoms with E-state index in [1.165, 1.54) is 10.7 Å². The molecular formula is C19H19N5OS. The van der Waals surface area contributed by atoms with E-state index in [1.54, 1.807) is 12.1 Å². The first kappa shape index (κ1) is 17.8. The van der Waals surface area contributed by atoms with Gasteiger partial charge in [-0.1, -0.05) is 42.5 Å². The van der Waals surface area contributed by atoms with Crippen LogP contribution in [0.3, 0.4) is 0 Å². The Morgan fingerprint density at radius 3 is 2.46 bits per heavy atom. The van der Waals surface area contributed by atoms with E-state index in [2.05, 4.69) is 10.1 Å². The van der Waals surface area contributed by atoms with E-state index in [-0.39, 0.29) is 22.4 Å². The number of rotatable bonds is 4. The molecule has 0 fully saturated rings. The Kier molecular flexibility index (Phi) is 4.81. The molecule has 2 heterocycles. The van der Waals surface area contributed by atoms with E-state index in [4.69, 9.17) is 23.7 Å². The molecule has 1 aromatic carbocycles. The van der Waals surface area contributed by atoms with Crippen LogP contribution in [0.15, 0.2) is 53.3 Å². The standard InChI is InChI=1S/C19H19N5OS/c1-11(2)24-16(25)9-8-15(23-24)13-10-14(19(21)26)18(20)22-17(13)12-6-4-3-5-7-12/h3-11H,1-2H3,(H2,20,22)(H2,21,26). The Morgan fingerprint density at radius 1 is 1.15 bits per heavy atom. The summed E-state index contributed by atoms with van der Waals surface area (Å²) in [7, 11) is 0. The highest BCUT2D eigenvalue weighted by Crippen LogP contribution is 2.32. The fourth-order valence-electron chi connectivity index (χ4n) is 2.68. The third kappa shape index (κ3) is 3.34. The predicted molar refractivity (Wildman–Crippen MR) is 108 cm³/mol. The number of thiocarbonyl (C=S) groups is 1. The van der Waals surface area contributed by atoms with E-state index in [0.29, 0.717) is 22.5 Å². The third-order valence-corrected chi connectivity index (χ3v) is 4.17. The van der Waals surface area contributed by atoms with Gasteiger partial charge < -0.3 is 11.5 Å². The molecule has 0 aliphatic heterocycles. The SMILES string of the molecule is CC(C)n1nc(-c2cc(C(N)=S)c(N)nc2-c2ccccc2)ccc1=O. The second-order valence-electron chi connectivity index (χ2n) is 6.14.